The van der Waals surface area contributed by atoms with Crippen molar-refractivity contribution in [3.63, 3.8) is 0 Å². The molecule has 0 N–H and O–H groups in total. The number of amides is 2. The molecular formula is C21H30N2O4. The normalized spacial score (nSPS) is 20.6. The smallest absolute Gasteiger partial charge is 0.228 e. The fraction of sp³-hybridized carbons (Fsp3) is 0.619. The van der Waals surface area contributed by atoms with Crippen LogP contribution in [-0.2, 0) is 9.59 Å². The number of hydrogen-bond acceptors (Lipinski definition) is 4. The molecule has 1 aliphatic heterocycles. The lowest BCUT2D eigenvalue weighted by atomic mass is 9.93. The van der Waals surface area contributed by atoms with E-state index in [-0.39, 0.29) is 24.2 Å². The average Bonchev–Trinajstić information content (AvgIpc) is 3.10. The van der Waals surface area contributed by atoms with E-state index < -0.39 is 0 Å². The van der Waals surface area contributed by atoms with Crippen LogP contribution < -0.4 is 14.4 Å². The molecule has 0 spiro atoms. The molecule has 1 saturated heterocycles. The third-order valence-electron chi connectivity index (χ3n) is 5.79. The molecule has 1 aliphatic carbocycles. The zero-order chi connectivity index (χ0) is 19.4. The summed E-state index contributed by atoms with van der Waals surface area (Å²) in [7, 11) is 3.16. The molecule has 6 nitrogen and oxygen atoms in total. The summed E-state index contributed by atoms with van der Waals surface area (Å²) in [6.07, 6.45) is 6.05. The van der Waals surface area contributed by atoms with Gasteiger partial charge in [0.15, 0.2) is 0 Å². The van der Waals surface area contributed by atoms with Crippen LogP contribution in [0.25, 0.3) is 0 Å². The summed E-state index contributed by atoms with van der Waals surface area (Å²) in [6.45, 7) is 3.15. The highest BCUT2D eigenvalue weighted by atomic mass is 16.5. The van der Waals surface area contributed by atoms with Crippen molar-refractivity contribution in [1.29, 1.82) is 0 Å². The van der Waals surface area contributed by atoms with Gasteiger partial charge in [-0.1, -0.05) is 19.3 Å². The van der Waals surface area contributed by atoms with Crippen LogP contribution >= 0.6 is 0 Å². The van der Waals surface area contributed by atoms with Crippen molar-refractivity contribution in [2.45, 2.75) is 51.5 Å². The first kappa shape index (κ1) is 19.5. The third-order valence-corrected chi connectivity index (χ3v) is 5.79. The minimum absolute atomic E-state index is 0.0310. The first-order chi connectivity index (χ1) is 13.1. The van der Waals surface area contributed by atoms with Crippen LogP contribution in [0, 0.1) is 5.92 Å². The Morgan fingerprint density at radius 3 is 2.56 bits per heavy atom. The minimum atomic E-state index is -0.286. The molecule has 148 valence electrons. The number of nitrogens with zero attached hydrogens (tertiary/aromatic N) is 2. The Morgan fingerprint density at radius 2 is 1.93 bits per heavy atom. The lowest BCUT2D eigenvalue weighted by molar-refractivity contribution is -0.138. The Hall–Kier alpha value is -2.24. The fourth-order valence-corrected chi connectivity index (χ4v) is 4.33. The van der Waals surface area contributed by atoms with E-state index in [1.54, 1.807) is 31.3 Å². The van der Waals surface area contributed by atoms with Gasteiger partial charge in [-0.15, -0.1) is 0 Å². The van der Waals surface area contributed by atoms with Crippen LogP contribution in [0.1, 0.15) is 45.4 Å². The van der Waals surface area contributed by atoms with E-state index in [2.05, 4.69) is 0 Å². The summed E-state index contributed by atoms with van der Waals surface area (Å²) in [5.74, 6) is 1.05. The molecule has 0 bridgehead atoms. The molecule has 0 unspecified atom stereocenters. The van der Waals surface area contributed by atoms with Crippen molar-refractivity contribution in [2.24, 2.45) is 5.92 Å². The fourth-order valence-electron chi connectivity index (χ4n) is 4.33. The molecule has 3 rings (SSSR count). The van der Waals surface area contributed by atoms with Crippen LogP contribution in [0.5, 0.6) is 11.5 Å². The van der Waals surface area contributed by atoms with Crippen molar-refractivity contribution in [3.8, 4) is 11.5 Å². The van der Waals surface area contributed by atoms with E-state index in [0.717, 1.165) is 12.8 Å². The topological polar surface area (TPSA) is 59.1 Å². The summed E-state index contributed by atoms with van der Waals surface area (Å²) in [5, 5.41) is 0. The maximum absolute atomic E-state index is 13.1. The number of hydrogen-bond donors (Lipinski definition) is 0. The van der Waals surface area contributed by atoms with Gasteiger partial charge < -0.3 is 19.3 Å². The van der Waals surface area contributed by atoms with E-state index in [9.17, 15) is 9.59 Å². The van der Waals surface area contributed by atoms with Gasteiger partial charge in [0.2, 0.25) is 11.8 Å². The van der Waals surface area contributed by atoms with Gasteiger partial charge in [0.1, 0.15) is 11.5 Å². The highest BCUT2D eigenvalue weighted by Crippen LogP contribution is 2.36. The van der Waals surface area contributed by atoms with Crippen molar-refractivity contribution in [2.75, 3.05) is 32.2 Å². The third kappa shape index (κ3) is 4.04. The molecule has 1 heterocycles. The Bertz CT molecular complexity index is 685. The number of carbonyl (C=O) groups excluding carboxylic acids is 2. The molecule has 6 heteroatoms. The molecule has 2 fully saturated rings. The summed E-state index contributed by atoms with van der Waals surface area (Å²) in [6, 6.07) is 5.72. The van der Waals surface area contributed by atoms with Crippen LogP contribution in [0.15, 0.2) is 18.2 Å². The number of anilines is 1. The van der Waals surface area contributed by atoms with Gasteiger partial charge in [-0.3, -0.25) is 9.59 Å². The van der Waals surface area contributed by atoms with Gasteiger partial charge in [0.25, 0.3) is 0 Å². The predicted molar refractivity (Wildman–Crippen MR) is 104 cm³/mol. The van der Waals surface area contributed by atoms with Gasteiger partial charge in [-0.25, -0.2) is 0 Å². The average molecular weight is 374 g/mol. The molecule has 27 heavy (non-hydrogen) atoms. The minimum Gasteiger partial charge on any atom is -0.497 e. The molecular weight excluding hydrogens is 344 g/mol. The van der Waals surface area contributed by atoms with Crippen LogP contribution in [0.4, 0.5) is 5.69 Å². The quantitative estimate of drug-likeness (QED) is 0.767. The van der Waals surface area contributed by atoms with E-state index >= 15 is 0 Å². The number of ether oxygens (including phenoxy) is 2. The standard InChI is InChI=1S/C21H30N2O4/c1-4-22(16-8-6-5-7-9-16)21(25)15-12-20(24)23(14-15)18-11-10-17(26-2)13-19(18)27-3/h10-11,13,15-16H,4-9,12,14H2,1-3H3/t15-/m0/s1. The monoisotopic (exact) mass is 374 g/mol. The molecule has 0 radical (unpaired) electrons. The maximum atomic E-state index is 13.1. The second-order valence-corrected chi connectivity index (χ2v) is 7.36. The first-order valence-electron chi connectivity index (χ1n) is 9.91. The number of rotatable bonds is 6. The van der Waals surface area contributed by atoms with Gasteiger partial charge >= 0.3 is 0 Å². The largest absolute Gasteiger partial charge is 0.497 e. The van der Waals surface area contributed by atoms with Crippen molar-refractivity contribution >= 4 is 17.5 Å². The van der Waals surface area contributed by atoms with Gasteiger partial charge in [0.05, 0.1) is 25.8 Å². The Labute approximate surface area is 161 Å². The second kappa shape index (κ2) is 8.63. The lowest BCUT2D eigenvalue weighted by Gasteiger charge is -2.35. The highest BCUT2D eigenvalue weighted by molar-refractivity contribution is 6.01. The van der Waals surface area contributed by atoms with Crippen LogP contribution in [0.2, 0.25) is 0 Å². The van der Waals surface area contributed by atoms with Crippen molar-refractivity contribution in [1.82, 2.24) is 4.90 Å². The number of methoxy groups -OCH3 is 2. The lowest BCUT2D eigenvalue weighted by Crippen LogP contribution is -2.45. The molecule has 2 amide bonds. The van der Waals surface area contributed by atoms with Gasteiger partial charge in [-0.05, 0) is 31.9 Å². The number of carbonyl (C=O) groups is 2. The predicted octanol–water partition coefficient (Wildman–Crippen LogP) is 3.24. The summed E-state index contributed by atoms with van der Waals surface area (Å²) in [5.41, 5.74) is 0.694. The Kier molecular flexibility index (Phi) is 6.24. The first-order valence-corrected chi connectivity index (χ1v) is 9.91. The zero-order valence-corrected chi connectivity index (χ0v) is 16.6. The zero-order valence-electron chi connectivity index (χ0n) is 16.6. The second-order valence-electron chi connectivity index (χ2n) is 7.36. The summed E-state index contributed by atoms with van der Waals surface area (Å²) >= 11 is 0. The van der Waals surface area contributed by atoms with E-state index in [1.807, 2.05) is 17.9 Å². The van der Waals surface area contributed by atoms with Gasteiger partial charge in [-0.2, -0.15) is 0 Å². The molecule has 2 aliphatic rings. The van der Waals surface area contributed by atoms with Crippen molar-refractivity contribution in [3.05, 3.63) is 18.2 Å². The Balaban J connectivity index is 1.75. The van der Waals surface area contributed by atoms with E-state index in [4.69, 9.17) is 9.47 Å². The van der Waals surface area contributed by atoms with E-state index in [1.165, 1.54) is 19.3 Å². The SMILES string of the molecule is CCN(C(=O)[C@H]1CC(=O)N(c2ccc(OC)cc2OC)C1)C1CCCCC1. The van der Waals surface area contributed by atoms with Crippen molar-refractivity contribution < 1.29 is 19.1 Å². The maximum Gasteiger partial charge on any atom is 0.228 e. The molecule has 1 atom stereocenters. The number of benzene rings is 1. The highest BCUT2D eigenvalue weighted by Gasteiger charge is 2.39. The molecule has 0 aromatic heterocycles. The molecule has 1 aromatic carbocycles. The molecule has 1 aromatic rings. The van der Waals surface area contributed by atoms with Gasteiger partial charge in [0, 0.05) is 31.6 Å². The van der Waals surface area contributed by atoms with E-state index in [0.29, 0.717) is 36.3 Å². The van der Waals surface area contributed by atoms with Crippen LogP contribution in [0.3, 0.4) is 0 Å². The Morgan fingerprint density at radius 1 is 1.19 bits per heavy atom. The summed E-state index contributed by atoms with van der Waals surface area (Å²) in [4.78, 5) is 29.5. The summed E-state index contributed by atoms with van der Waals surface area (Å²) < 4.78 is 10.7. The molecule has 1 saturated carbocycles. The van der Waals surface area contributed by atoms with Crippen LogP contribution in [-0.4, -0.2) is 50.1 Å².